The first kappa shape index (κ1) is 14.0. The van der Waals surface area contributed by atoms with E-state index in [9.17, 15) is 0 Å². The summed E-state index contributed by atoms with van der Waals surface area (Å²) < 4.78 is 0. The topological polar surface area (TPSA) is 50.9 Å². The number of nitrogens with one attached hydrogen (secondary N) is 1. The second-order valence-corrected chi connectivity index (χ2v) is 6.50. The number of nitrogens with zero attached hydrogens (tertiary/aromatic N) is 1. The number of nitrogens with two attached hydrogens (primary N) is 1. The SMILES string of the molecule is CC(NCc1cnc(N)s1)C(C)(C)c1ccccc1. The van der Waals surface area contributed by atoms with Gasteiger partial charge < -0.3 is 11.1 Å². The van der Waals surface area contributed by atoms with Crippen LogP contribution in [0.3, 0.4) is 0 Å². The second kappa shape index (κ2) is 5.72. The fourth-order valence-corrected chi connectivity index (χ4v) is 2.67. The Morgan fingerprint density at radius 1 is 1.32 bits per heavy atom. The molecule has 1 atom stereocenters. The zero-order valence-electron chi connectivity index (χ0n) is 11.7. The molecule has 3 nitrogen and oxygen atoms in total. The van der Waals surface area contributed by atoms with Crippen molar-refractivity contribution in [3.8, 4) is 0 Å². The van der Waals surface area contributed by atoms with Gasteiger partial charge in [0.05, 0.1) is 0 Å². The first-order valence-corrected chi connectivity index (χ1v) is 7.31. The Bertz CT molecular complexity index is 519. The highest BCUT2D eigenvalue weighted by molar-refractivity contribution is 7.15. The molecule has 1 aromatic heterocycles. The highest BCUT2D eigenvalue weighted by Gasteiger charge is 2.27. The zero-order chi connectivity index (χ0) is 13.9. The molecule has 0 aliphatic rings. The van der Waals surface area contributed by atoms with Gasteiger partial charge in [0.1, 0.15) is 0 Å². The average Bonchev–Trinajstić information content (AvgIpc) is 2.82. The minimum atomic E-state index is 0.0808. The highest BCUT2D eigenvalue weighted by atomic mass is 32.1. The molecule has 0 saturated carbocycles. The quantitative estimate of drug-likeness (QED) is 0.881. The maximum Gasteiger partial charge on any atom is 0.180 e. The Balaban J connectivity index is 2.01. The third-order valence-electron chi connectivity index (χ3n) is 3.75. The van der Waals surface area contributed by atoms with E-state index in [-0.39, 0.29) is 5.41 Å². The number of hydrogen-bond donors (Lipinski definition) is 2. The lowest BCUT2D eigenvalue weighted by molar-refractivity contribution is 0.361. The molecule has 19 heavy (non-hydrogen) atoms. The van der Waals surface area contributed by atoms with E-state index >= 15 is 0 Å². The minimum absolute atomic E-state index is 0.0808. The molecule has 102 valence electrons. The molecule has 1 unspecified atom stereocenters. The molecule has 0 fully saturated rings. The van der Waals surface area contributed by atoms with Crippen LogP contribution in [0.4, 0.5) is 5.13 Å². The van der Waals surface area contributed by atoms with E-state index in [0.717, 1.165) is 6.54 Å². The molecule has 0 saturated heterocycles. The first-order chi connectivity index (χ1) is 9.00. The van der Waals surface area contributed by atoms with Crippen LogP contribution in [-0.2, 0) is 12.0 Å². The van der Waals surface area contributed by atoms with Crippen molar-refractivity contribution in [2.24, 2.45) is 0 Å². The normalized spacial score (nSPS) is 13.4. The van der Waals surface area contributed by atoms with Crippen LogP contribution >= 0.6 is 11.3 Å². The van der Waals surface area contributed by atoms with Gasteiger partial charge in [-0.05, 0) is 12.5 Å². The maximum atomic E-state index is 5.64. The van der Waals surface area contributed by atoms with Gasteiger partial charge in [0.15, 0.2) is 5.13 Å². The fourth-order valence-electron chi connectivity index (χ4n) is 2.03. The number of thiazole rings is 1. The minimum Gasteiger partial charge on any atom is -0.375 e. The molecule has 0 amide bonds. The molecule has 0 aliphatic heterocycles. The summed E-state index contributed by atoms with van der Waals surface area (Å²) in [6.45, 7) is 7.56. The molecular formula is C15H21N3S. The smallest absolute Gasteiger partial charge is 0.180 e. The van der Waals surface area contributed by atoms with Crippen molar-refractivity contribution in [3.63, 3.8) is 0 Å². The van der Waals surface area contributed by atoms with Gasteiger partial charge >= 0.3 is 0 Å². The molecule has 1 aromatic carbocycles. The van der Waals surface area contributed by atoms with Gasteiger partial charge in [-0.15, -0.1) is 11.3 Å². The molecule has 0 radical (unpaired) electrons. The van der Waals surface area contributed by atoms with Gasteiger partial charge in [-0.3, -0.25) is 0 Å². The van der Waals surface area contributed by atoms with Crippen molar-refractivity contribution in [2.45, 2.75) is 38.8 Å². The predicted molar refractivity (Wildman–Crippen MR) is 82.3 cm³/mol. The van der Waals surface area contributed by atoms with Gasteiger partial charge in [-0.1, -0.05) is 44.2 Å². The van der Waals surface area contributed by atoms with Crippen molar-refractivity contribution < 1.29 is 0 Å². The summed E-state index contributed by atoms with van der Waals surface area (Å²) in [5.74, 6) is 0. The van der Waals surface area contributed by atoms with Crippen molar-refractivity contribution in [3.05, 3.63) is 47.0 Å². The number of nitrogen functional groups attached to an aromatic ring is 1. The van der Waals surface area contributed by atoms with Crippen LogP contribution in [0.5, 0.6) is 0 Å². The van der Waals surface area contributed by atoms with Crippen LogP contribution in [0, 0.1) is 0 Å². The van der Waals surface area contributed by atoms with Gasteiger partial charge in [-0.25, -0.2) is 4.98 Å². The molecule has 0 bridgehead atoms. The van der Waals surface area contributed by atoms with E-state index in [0.29, 0.717) is 11.2 Å². The molecule has 3 N–H and O–H groups in total. The molecule has 0 spiro atoms. The maximum absolute atomic E-state index is 5.64. The van der Waals surface area contributed by atoms with Crippen molar-refractivity contribution in [1.29, 1.82) is 0 Å². The standard InChI is InChI=1S/C15H21N3S/c1-11(17-9-13-10-18-14(16)19-13)15(2,3)12-7-5-4-6-8-12/h4-8,10-11,17H,9H2,1-3H3,(H2,16,18). The lowest BCUT2D eigenvalue weighted by Gasteiger charge is -2.33. The fraction of sp³-hybridized carbons (Fsp3) is 0.400. The monoisotopic (exact) mass is 275 g/mol. The van der Waals surface area contributed by atoms with Crippen LogP contribution in [0.25, 0.3) is 0 Å². The number of anilines is 1. The summed E-state index contributed by atoms with van der Waals surface area (Å²) in [4.78, 5) is 5.25. The van der Waals surface area contributed by atoms with E-state index in [2.05, 4.69) is 61.4 Å². The summed E-state index contributed by atoms with van der Waals surface area (Å²) in [5.41, 5.74) is 7.07. The van der Waals surface area contributed by atoms with Crippen LogP contribution in [0.2, 0.25) is 0 Å². The summed E-state index contributed by atoms with van der Waals surface area (Å²) in [6, 6.07) is 11.0. The summed E-state index contributed by atoms with van der Waals surface area (Å²) in [5, 5.41) is 4.20. The Hall–Kier alpha value is -1.39. The van der Waals surface area contributed by atoms with Gasteiger partial charge in [-0.2, -0.15) is 0 Å². The lowest BCUT2D eigenvalue weighted by atomic mass is 9.78. The van der Waals surface area contributed by atoms with Gasteiger partial charge in [0.25, 0.3) is 0 Å². The summed E-state index contributed by atoms with van der Waals surface area (Å²) in [6.07, 6.45) is 1.84. The molecule has 4 heteroatoms. The third-order valence-corrected chi connectivity index (χ3v) is 4.58. The molecule has 2 aromatic rings. The molecule has 2 rings (SSSR count). The van der Waals surface area contributed by atoms with Crippen LogP contribution < -0.4 is 11.1 Å². The van der Waals surface area contributed by atoms with Crippen LogP contribution in [-0.4, -0.2) is 11.0 Å². The summed E-state index contributed by atoms with van der Waals surface area (Å²) in [7, 11) is 0. The molecule has 1 heterocycles. The van der Waals surface area contributed by atoms with Crippen molar-refractivity contribution >= 4 is 16.5 Å². The zero-order valence-corrected chi connectivity index (χ0v) is 12.5. The van der Waals surface area contributed by atoms with Crippen LogP contribution in [0.15, 0.2) is 36.5 Å². The lowest BCUT2D eigenvalue weighted by Crippen LogP contribution is -2.42. The Morgan fingerprint density at radius 2 is 2.00 bits per heavy atom. The Morgan fingerprint density at radius 3 is 2.58 bits per heavy atom. The van der Waals surface area contributed by atoms with E-state index < -0.39 is 0 Å². The highest BCUT2D eigenvalue weighted by Crippen LogP contribution is 2.27. The number of benzene rings is 1. The third kappa shape index (κ3) is 3.33. The first-order valence-electron chi connectivity index (χ1n) is 6.49. The van der Waals surface area contributed by atoms with Gasteiger partial charge in [0, 0.05) is 29.1 Å². The van der Waals surface area contributed by atoms with Gasteiger partial charge in [0.2, 0.25) is 0 Å². The van der Waals surface area contributed by atoms with E-state index in [1.807, 2.05) is 6.20 Å². The Labute approximate surface area is 118 Å². The summed E-state index contributed by atoms with van der Waals surface area (Å²) >= 11 is 1.54. The predicted octanol–water partition coefficient (Wildman–Crippen LogP) is 3.18. The second-order valence-electron chi connectivity index (χ2n) is 5.36. The molecule has 0 aliphatic carbocycles. The van der Waals surface area contributed by atoms with Crippen molar-refractivity contribution in [2.75, 3.05) is 5.73 Å². The van der Waals surface area contributed by atoms with E-state index in [1.54, 1.807) is 11.3 Å². The van der Waals surface area contributed by atoms with E-state index in [1.165, 1.54) is 10.4 Å². The Kier molecular flexibility index (Phi) is 4.22. The van der Waals surface area contributed by atoms with Crippen molar-refractivity contribution in [1.82, 2.24) is 10.3 Å². The largest absolute Gasteiger partial charge is 0.375 e. The average molecular weight is 275 g/mol. The number of rotatable bonds is 5. The number of aromatic nitrogens is 1. The number of hydrogen-bond acceptors (Lipinski definition) is 4. The molecular weight excluding hydrogens is 254 g/mol. The van der Waals surface area contributed by atoms with E-state index in [4.69, 9.17) is 5.73 Å². The van der Waals surface area contributed by atoms with Crippen LogP contribution in [0.1, 0.15) is 31.2 Å².